The zero-order valence-corrected chi connectivity index (χ0v) is 23.0. The minimum atomic E-state index is -0.398. The molecule has 194 valence electrons. The molecule has 0 fully saturated rings. The molecule has 5 aromatic rings. The molecule has 3 aromatic carbocycles. The van der Waals surface area contributed by atoms with Crippen molar-refractivity contribution in [3.8, 4) is 17.0 Å². The number of fused-ring (bicyclic) bond motifs is 2. The van der Waals surface area contributed by atoms with Gasteiger partial charge in [-0.15, -0.1) is 0 Å². The molecule has 0 bridgehead atoms. The van der Waals surface area contributed by atoms with Crippen molar-refractivity contribution in [2.45, 2.75) is 53.5 Å². The zero-order chi connectivity index (χ0) is 27.1. The van der Waals surface area contributed by atoms with Gasteiger partial charge in [0, 0.05) is 17.3 Å². The number of nitrogens with one attached hydrogen (secondary N) is 1. The molecular formula is C33H35N3O2. The van der Waals surface area contributed by atoms with Crippen molar-refractivity contribution in [3.05, 3.63) is 96.2 Å². The van der Waals surface area contributed by atoms with Crippen LogP contribution in [0.4, 0.5) is 5.82 Å². The highest BCUT2D eigenvalue weighted by atomic mass is 16.5. The summed E-state index contributed by atoms with van der Waals surface area (Å²) in [6.45, 7) is 13.2. The highest BCUT2D eigenvalue weighted by Crippen LogP contribution is 2.38. The van der Waals surface area contributed by atoms with Gasteiger partial charge in [0.25, 0.3) is 0 Å². The lowest BCUT2D eigenvalue weighted by Crippen LogP contribution is -2.36. The van der Waals surface area contributed by atoms with Crippen molar-refractivity contribution >= 4 is 28.2 Å². The third-order valence-electron chi connectivity index (χ3n) is 6.54. The number of nitrogens with zero attached hydrogens (tertiary/aromatic N) is 2. The van der Waals surface area contributed by atoms with E-state index < -0.39 is 5.97 Å². The van der Waals surface area contributed by atoms with Crippen LogP contribution >= 0.6 is 0 Å². The highest BCUT2D eigenvalue weighted by Gasteiger charge is 2.29. The number of pyridine rings is 1. The SMILES string of the molecule is Cc1ccn2c(NC(C)(C)CC(C)(C)C)c(-c3ccccc3OC(=O)c3ccc4ccccc4c3)nc2c1. The lowest BCUT2D eigenvalue weighted by atomic mass is 9.82. The Bertz CT molecular complexity index is 1640. The van der Waals surface area contributed by atoms with Crippen LogP contribution in [0.5, 0.6) is 5.75 Å². The number of imidazole rings is 1. The predicted octanol–water partition coefficient (Wildman–Crippen LogP) is 8.31. The Morgan fingerprint density at radius 2 is 1.61 bits per heavy atom. The maximum atomic E-state index is 13.3. The van der Waals surface area contributed by atoms with Gasteiger partial charge in [0.05, 0.1) is 5.56 Å². The van der Waals surface area contributed by atoms with E-state index in [0.717, 1.165) is 45.5 Å². The Balaban J connectivity index is 1.56. The number of aromatic nitrogens is 2. The number of benzene rings is 3. The van der Waals surface area contributed by atoms with Gasteiger partial charge in [0.15, 0.2) is 0 Å². The first-order valence-corrected chi connectivity index (χ1v) is 13.1. The molecule has 5 heteroatoms. The van der Waals surface area contributed by atoms with Gasteiger partial charge in [0.1, 0.15) is 22.9 Å². The topological polar surface area (TPSA) is 55.6 Å². The Labute approximate surface area is 224 Å². The maximum absolute atomic E-state index is 13.3. The minimum Gasteiger partial charge on any atom is -0.422 e. The molecule has 0 amide bonds. The van der Waals surface area contributed by atoms with Crippen LogP contribution in [0.1, 0.15) is 57.0 Å². The first-order chi connectivity index (χ1) is 18.0. The van der Waals surface area contributed by atoms with E-state index in [1.54, 1.807) is 0 Å². The fraction of sp³-hybridized carbons (Fsp3) is 0.273. The highest BCUT2D eigenvalue weighted by molar-refractivity contribution is 5.97. The van der Waals surface area contributed by atoms with Crippen molar-refractivity contribution in [1.82, 2.24) is 9.38 Å². The molecular weight excluding hydrogens is 470 g/mol. The van der Waals surface area contributed by atoms with Crippen molar-refractivity contribution in [2.24, 2.45) is 5.41 Å². The largest absolute Gasteiger partial charge is 0.422 e. The Morgan fingerprint density at radius 3 is 2.37 bits per heavy atom. The van der Waals surface area contributed by atoms with Gasteiger partial charge >= 0.3 is 5.97 Å². The van der Waals surface area contributed by atoms with E-state index in [-0.39, 0.29) is 11.0 Å². The molecule has 2 aromatic heterocycles. The fourth-order valence-electron chi connectivity index (χ4n) is 5.37. The molecule has 0 atom stereocenters. The van der Waals surface area contributed by atoms with Gasteiger partial charge in [-0.05, 0) is 85.3 Å². The first kappa shape index (κ1) is 25.5. The molecule has 5 nitrogen and oxygen atoms in total. The van der Waals surface area contributed by atoms with Crippen LogP contribution in [0, 0.1) is 12.3 Å². The van der Waals surface area contributed by atoms with Crippen LogP contribution < -0.4 is 10.1 Å². The average Bonchev–Trinajstić information content (AvgIpc) is 3.18. The lowest BCUT2D eigenvalue weighted by Gasteiger charge is -2.34. The van der Waals surface area contributed by atoms with Crippen LogP contribution in [-0.4, -0.2) is 20.9 Å². The monoisotopic (exact) mass is 505 g/mol. The van der Waals surface area contributed by atoms with Crippen LogP contribution in [0.2, 0.25) is 0 Å². The van der Waals surface area contributed by atoms with Gasteiger partial charge in [-0.3, -0.25) is 4.40 Å². The van der Waals surface area contributed by atoms with Gasteiger partial charge < -0.3 is 10.1 Å². The van der Waals surface area contributed by atoms with E-state index in [9.17, 15) is 4.79 Å². The number of carbonyl (C=O) groups is 1. The third kappa shape index (κ3) is 5.42. The quantitative estimate of drug-likeness (QED) is 0.186. The second-order valence-electron chi connectivity index (χ2n) is 11.9. The summed E-state index contributed by atoms with van der Waals surface area (Å²) in [5.74, 6) is 0.955. The van der Waals surface area contributed by atoms with Crippen molar-refractivity contribution in [2.75, 3.05) is 5.32 Å². The number of anilines is 1. The van der Waals surface area contributed by atoms with Gasteiger partial charge in [-0.2, -0.15) is 0 Å². The van der Waals surface area contributed by atoms with E-state index in [1.165, 1.54) is 0 Å². The molecule has 0 unspecified atom stereocenters. The molecule has 0 spiro atoms. The van der Waals surface area contributed by atoms with Crippen LogP contribution in [0.3, 0.4) is 0 Å². The number of hydrogen-bond acceptors (Lipinski definition) is 4. The molecule has 0 saturated heterocycles. The smallest absolute Gasteiger partial charge is 0.343 e. The number of esters is 1. The molecule has 0 radical (unpaired) electrons. The Kier molecular flexibility index (Phi) is 6.47. The standard InChI is InChI=1S/C33H35N3O2/c1-22-17-18-36-28(19-22)34-29(30(36)35-33(5,6)21-32(2,3)4)26-13-9-10-14-27(26)38-31(37)25-16-15-23-11-7-8-12-24(23)20-25/h7-20,35H,21H2,1-6H3. The van der Waals surface area contributed by atoms with Crippen LogP contribution in [0.25, 0.3) is 27.7 Å². The summed E-state index contributed by atoms with van der Waals surface area (Å²) in [6, 6.07) is 25.4. The molecule has 0 saturated carbocycles. The number of aryl methyl sites for hydroxylation is 1. The molecule has 0 aliphatic carbocycles. The zero-order valence-electron chi connectivity index (χ0n) is 23.0. The van der Waals surface area contributed by atoms with E-state index in [4.69, 9.17) is 9.72 Å². The first-order valence-electron chi connectivity index (χ1n) is 13.1. The van der Waals surface area contributed by atoms with Crippen molar-refractivity contribution in [3.63, 3.8) is 0 Å². The van der Waals surface area contributed by atoms with Crippen LogP contribution in [0.15, 0.2) is 85.1 Å². The van der Waals surface area contributed by atoms with Gasteiger partial charge in [0.2, 0.25) is 0 Å². The Morgan fingerprint density at radius 1 is 0.895 bits per heavy atom. The molecule has 5 rings (SSSR count). The number of rotatable bonds is 6. The Hall–Kier alpha value is -4.12. The number of para-hydroxylation sites is 1. The van der Waals surface area contributed by atoms with Crippen molar-refractivity contribution in [1.29, 1.82) is 0 Å². The minimum absolute atomic E-state index is 0.140. The summed E-state index contributed by atoms with van der Waals surface area (Å²) >= 11 is 0. The third-order valence-corrected chi connectivity index (χ3v) is 6.54. The summed E-state index contributed by atoms with van der Waals surface area (Å²) in [5.41, 5.74) is 3.92. The summed E-state index contributed by atoms with van der Waals surface area (Å²) in [6.07, 6.45) is 3.00. The molecule has 1 N–H and O–H groups in total. The van der Waals surface area contributed by atoms with E-state index in [1.807, 2.05) is 72.9 Å². The van der Waals surface area contributed by atoms with E-state index >= 15 is 0 Å². The predicted molar refractivity (Wildman–Crippen MR) is 156 cm³/mol. The molecule has 38 heavy (non-hydrogen) atoms. The summed E-state index contributed by atoms with van der Waals surface area (Å²) < 4.78 is 8.08. The maximum Gasteiger partial charge on any atom is 0.343 e. The number of ether oxygens (including phenoxy) is 1. The van der Waals surface area contributed by atoms with E-state index in [0.29, 0.717) is 11.3 Å². The molecule has 2 heterocycles. The summed E-state index contributed by atoms with van der Waals surface area (Å²) in [7, 11) is 0. The second kappa shape index (κ2) is 9.64. The lowest BCUT2D eigenvalue weighted by molar-refractivity contribution is 0.0735. The number of hydrogen-bond donors (Lipinski definition) is 1. The normalized spacial score (nSPS) is 12.2. The van der Waals surface area contributed by atoms with Gasteiger partial charge in [-0.1, -0.05) is 63.2 Å². The summed E-state index contributed by atoms with van der Waals surface area (Å²) in [4.78, 5) is 18.3. The van der Waals surface area contributed by atoms with Gasteiger partial charge in [-0.25, -0.2) is 9.78 Å². The van der Waals surface area contributed by atoms with Crippen molar-refractivity contribution < 1.29 is 9.53 Å². The molecule has 0 aliphatic rings. The summed E-state index contributed by atoms with van der Waals surface area (Å²) in [5, 5.41) is 5.86. The number of carbonyl (C=O) groups excluding carboxylic acids is 1. The van der Waals surface area contributed by atoms with E-state index in [2.05, 4.69) is 63.4 Å². The second-order valence-corrected chi connectivity index (χ2v) is 11.9. The molecule has 0 aliphatic heterocycles. The average molecular weight is 506 g/mol. The van der Waals surface area contributed by atoms with Crippen LogP contribution in [-0.2, 0) is 0 Å². The fourth-order valence-corrected chi connectivity index (χ4v) is 5.37.